The van der Waals surface area contributed by atoms with Gasteiger partial charge in [0.1, 0.15) is 18.4 Å². The lowest BCUT2D eigenvalue weighted by molar-refractivity contribution is -0.385. The van der Waals surface area contributed by atoms with E-state index in [0.717, 1.165) is 12.0 Å². The van der Waals surface area contributed by atoms with E-state index in [-0.39, 0.29) is 24.1 Å². The lowest BCUT2D eigenvalue weighted by Gasteiger charge is -2.14. The number of fused-ring (bicyclic) bond motifs is 1. The quantitative estimate of drug-likeness (QED) is 0.318. The van der Waals surface area contributed by atoms with Crippen LogP contribution in [0.5, 0.6) is 5.75 Å². The lowest BCUT2D eigenvalue weighted by atomic mass is 10.0. The Hall–Kier alpha value is -2.53. The van der Waals surface area contributed by atoms with Crippen LogP contribution in [0.3, 0.4) is 0 Å². The van der Waals surface area contributed by atoms with Gasteiger partial charge in [-0.05, 0) is 18.6 Å². The standard InChI is InChI=1S/C16H21N3O7S/c1-9(27-5-4-26-16(22)18-8-12(17)15(20)21)11-6-10-2-3-25-14(10)7-13(11)19(23)24/h6-7,9,12H,2-5,8,17H2,1H3,(H,18,22)(H,20,21)/t9?,12-/m0/s1. The molecular weight excluding hydrogens is 378 g/mol. The van der Waals surface area contributed by atoms with E-state index in [9.17, 15) is 19.7 Å². The number of hydrogen-bond donors (Lipinski definition) is 3. The molecule has 1 unspecified atom stereocenters. The van der Waals surface area contributed by atoms with E-state index in [1.807, 2.05) is 6.92 Å². The predicted molar refractivity (Wildman–Crippen MR) is 98.1 cm³/mol. The van der Waals surface area contributed by atoms with E-state index in [2.05, 4.69) is 5.32 Å². The van der Waals surface area contributed by atoms with Crippen LogP contribution in [0.15, 0.2) is 12.1 Å². The molecule has 0 aromatic heterocycles. The Morgan fingerprint density at radius 3 is 2.93 bits per heavy atom. The van der Waals surface area contributed by atoms with Gasteiger partial charge in [0.15, 0.2) is 0 Å². The monoisotopic (exact) mass is 399 g/mol. The van der Waals surface area contributed by atoms with Gasteiger partial charge in [-0.25, -0.2) is 4.79 Å². The third-order valence-electron chi connectivity index (χ3n) is 3.94. The Morgan fingerprint density at radius 2 is 2.26 bits per heavy atom. The van der Waals surface area contributed by atoms with Crippen molar-refractivity contribution < 1.29 is 29.1 Å². The summed E-state index contributed by atoms with van der Waals surface area (Å²) in [5.74, 6) is -0.243. The number of nitrogens with one attached hydrogen (secondary N) is 1. The van der Waals surface area contributed by atoms with Crippen molar-refractivity contribution >= 4 is 29.5 Å². The van der Waals surface area contributed by atoms with Crippen LogP contribution < -0.4 is 15.8 Å². The molecule has 1 heterocycles. The van der Waals surface area contributed by atoms with Crippen LogP contribution in [0.4, 0.5) is 10.5 Å². The smallest absolute Gasteiger partial charge is 0.407 e. The first-order chi connectivity index (χ1) is 12.8. The number of carbonyl (C=O) groups excluding carboxylic acids is 1. The van der Waals surface area contributed by atoms with Gasteiger partial charge in [-0.3, -0.25) is 14.9 Å². The van der Waals surface area contributed by atoms with Gasteiger partial charge in [-0.15, -0.1) is 0 Å². The molecule has 2 atom stereocenters. The van der Waals surface area contributed by atoms with Gasteiger partial charge >= 0.3 is 12.1 Å². The van der Waals surface area contributed by atoms with Crippen LogP contribution in [0.1, 0.15) is 23.3 Å². The Balaban J connectivity index is 1.82. The highest BCUT2D eigenvalue weighted by Gasteiger charge is 2.25. The zero-order valence-electron chi connectivity index (χ0n) is 14.7. The van der Waals surface area contributed by atoms with Crippen molar-refractivity contribution in [2.45, 2.75) is 24.6 Å². The number of ether oxygens (including phenoxy) is 2. The second-order valence-electron chi connectivity index (χ2n) is 5.85. The summed E-state index contributed by atoms with van der Waals surface area (Å²) in [6.45, 7) is 2.21. The normalized spacial score (nSPS) is 14.6. The molecule has 1 aromatic rings. The van der Waals surface area contributed by atoms with Gasteiger partial charge in [0.2, 0.25) is 0 Å². The number of carboxylic acids is 1. The molecule has 2 rings (SSSR count). The molecule has 0 saturated heterocycles. The number of nitrogens with zero attached hydrogens (tertiary/aromatic N) is 1. The van der Waals surface area contributed by atoms with Crippen LogP contribution in [0, 0.1) is 10.1 Å². The number of aliphatic carboxylic acids is 1. The molecule has 148 valence electrons. The van der Waals surface area contributed by atoms with E-state index in [4.69, 9.17) is 20.3 Å². The highest BCUT2D eigenvalue weighted by atomic mass is 32.2. The fraction of sp³-hybridized carbons (Fsp3) is 0.500. The zero-order chi connectivity index (χ0) is 20.0. The number of rotatable bonds is 9. The van der Waals surface area contributed by atoms with Gasteiger partial charge in [0.05, 0.1) is 17.6 Å². The van der Waals surface area contributed by atoms with Crippen molar-refractivity contribution in [3.8, 4) is 5.75 Å². The van der Waals surface area contributed by atoms with Crippen molar-refractivity contribution in [2.75, 3.05) is 25.5 Å². The minimum atomic E-state index is -1.22. The fourth-order valence-electron chi connectivity index (χ4n) is 2.50. The maximum atomic E-state index is 11.5. The number of nitro benzene ring substituents is 1. The predicted octanol–water partition coefficient (Wildman–Crippen LogP) is 1.46. The summed E-state index contributed by atoms with van der Waals surface area (Å²) in [5.41, 5.74) is 6.83. The number of nitrogens with two attached hydrogens (primary N) is 1. The number of carbonyl (C=O) groups is 2. The van der Waals surface area contributed by atoms with Crippen LogP contribution >= 0.6 is 11.8 Å². The van der Waals surface area contributed by atoms with Crippen LogP contribution in [0.25, 0.3) is 0 Å². The van der Waals surface area contributed by atoms with Gasteiger partial charge in [-0.2, -0.15) is 11.8 Å². The molecule has 0 radical (unpaired) electrons. The third-order valence-corrected chi connectivity index (χ3v) is 5.10. The average molecular weight is 399 g/mol. The Kier molecular flexibility index (Phi) is 7.25. The number of benzene rings is 1. The molecule has 0 fully saturated rings. The largest absolute Gasteiger partial charge is 0.493 e. The molecule has 1 aromatic carbocycles. The van der Waals surface area contributed by atoms with Crippen molar-refractivity contribution in [3.05, 3.63) is 33.4 Å². The first-order valence-corrected chi connectivity index (χ1v) is 9.29. The van der Waals surface area contributed by atoms with E-state index in [0.29, 0.717) is 23.7 Å². The number of hydrogen-bond acceptors (Lipinski definition) is 8. The summed E-state index contributed by atoms with van der Waals surface area (Å²) in [5, 5.41) is 22.0. The van der Waals surface area contributed by atoms with Gasteiger partial charge in [0.25, 0.3) is 5.69 Å². The summed E-state index contributed by atoms with van der Waals surface area (Å²) < 4.78 is 10.3. The molecule has 10 nitrogen and oxygen atoms in total. The number of amides is 1. The van der Waals surface area contributed by atoms with Crippen molar-refractivity contribution in [2.24, 2.45) is 5.73 Å². The number of thioether (sulfide) groups is 1. The first-order valence-electron chi connectivity index (χ1n) is 8.24. The fourth-order valence-corrected chi connectivity index (χ4v) is 3.40. The molecule has 1 amide bonds. The summed E-state index contributed by atoms with van der Waals surface area (Å²) in [6.07, 6.45) is -0.0416. The second kappa shape index (κ2) is 9.42. The number of carboxylic acid groups (broad SMARTS) is 1. The molecule has 1 aliphatic rings. The average Bonchev–Trinajstić information content (AvgIpc) is 3.09. The molecule has 1 aliphatic heterocycles. The molecule has 0 spiro atoms. The summed E-state index contributed by atoms with van der Waals surface area (Å²) in [7, 11) is 0. The third kappa shape index (κ3) is 5.73. The summed E-state index contributed by atoms with van der Waals surface area (Å²) >= 11 is 1.41. The molecule has 4 N–H and O–H groups in total. The highest BCUT2D eigenvalue weighted by Crippen LogP contribution is 2.40. The maximum absolute atomic E-state index is 11.5. The summed E-state index contributed by atoms with van der Waals surface area (Å²) in [4.78, 5) is 32.9. The van der Waals surface area contributed by atoms with Gasteiger partial charge in [0, 0.05) is 29.5 Å². The number of alkyl carbamates (subject to hydrolysis) is 1. The molecule has 0 saturated carbocycles. The zero-order valence-corrected chi connectivity index (χ0v) is 15.5. The second-order valence-corrected chi connectivity index (χ2v) is 7.30. The molecule has 0 bridgehead atoms. The lowest BCUT2D eigenvalue weighted by Crippen LogP contribution is -2.42. The molecule has 11 heteroatoms. The topological polar surface area (TPSA) is 154 Å². The highest BCUT2D eigenvalue weighted by molar-refractivity contribution is 7.99. The van der Waals surface area contributed by atoms with Gasteiger partial charge < -0.3 is 25.6 Å². The van der Waals surface area contributed by atoms with Crippen LogP contribution in [-0.2, 0) is 16.0 Å². The molecule has 27 heavy (non-hydrogen) atoms. The van der Waals surface area contributed by atoms with E-state index < -0.39 is 23.0 Å². The Labute approximate surface area is 159 Å². The molecular formula is C16H21N3O7S. The van der Waals surface area contributed by atoms with Crippen LogP contribution in [-0.4, -0.2) is 53.6 Å². The van der Waals surface area contributed by atoms with Gasteiger partial charge in [-0.1, -0.05) is 0 Å². The summed E-state index contributed by atoms with van der Waals surface area (Å²) in [6, 6.07) is 2.07. The maximum Gasteiger partial charge on any atom is 0.407 e. The number of nitro groups is 1. The van der Waals surface area contributed by atoms with E-state index in [1.165, 1.54) is 17.8 Å². The Morgan fingerprint density at radius 1 is 1.52 bits per heavy atom. The van der Waals surface area contributed by atoms with Crippen LogP contribution in [0.2, 0.25) is 0 Å². The van der Waals surface area contributed by atoms with E-state index >= 15 is 0 Å². The SMILES string of the molecule is CC(SCCOC(=O)NC[C@H](N)C(=O)O)c1cc2c(cc1[N+](=O)[O-])OCC2. The molecule has 0 aliphatic carbocycles. The minimum Gasteiger partial charge on any atom is -0.493 e. The minimum absolute atomic E-state index is 0.0111. The Bertz CT molecular complexity index is 728. The van der Waals surface area contributed by atoms with Crippen molar-refractivity contribution in [1.29, 1.82) is 0 Å². The van der Waals surface area contributed by atoms with Crippen molar-refractivity contribution in [1.82, 2.24) is 5.32 Å². The van der Waals surface area contributed by atoms with E-state index in [1.54, 1.807) is 6.07 Å². The van der Waals surface area contributed by atoms with Crippen molar-refractivity contribution in [3.63, 3.8) is 0 Å². The first kappa shape index (κ1) is 20.8.